The lowest BCUT2D eigenvalue weighted by Gasteiger charge is -2.07. The summed E-state index contributed by atoms with van der Waals surface area (Å²) in [5.41, 5.74) is 3.40. The van der Waals surface area contributed by atoms with E-state index in [9.17, 15) is 0 Å². The predicted octanol–water partition coefficient (Wildman–Crippen LogP) is 3.24. The van der Waals surface area contributed by atoms with E-state index in [0.29, 0.717) is 17.3 Å². The van der Waals surface area contributed by atoms with Crippen molar-refractivity contribution in [3.63, 3.8) is 0 Å². The number of H-pyrrole nitrogens is 2. The molecule has 4 rings (SSSR count). The monoisotopic (exact) mass is 306 g/mol. The molecule has 0 radical (unpaired) electrons. The zero-order chi connectivity index (χ0) is 15.6. The van der Waals surface area contributed by atoms with Crippen molar-refractivity contribution in [3.05, 3.63) is 60.7 Å². The number of nitrogens with zero attached hydrogens (tertiary/aromatic N) is 2. The van der Waals surface area contributed by atoms with Crippen LogP contribution in [-0.4, -0.2) is 25.0 Å². The molecule has 0 atom stereocenters. The van der Waals surface area contributed by atoms with Crippen LogP contribution in [0, 0.1) is 0 Å². The number of benzene rings is 2. The van der Waals surface area contributed by atoms with Gasteiger partial charge in [-0.3, -0.25) is 0 Å². The van der Waals surface area contributed by atoms with Gasteiger partial charge in [-0.15, -0.1) is 0 Å². The van der Waals surface area contributed by atoms with Crippen LogP contribution in [0.1, 0.15) is 5.69 Å². The van der Waals surface area contributed by atoms with E-state index >= 15 is 0 Å². The van der Waals surface area contributed by atoms with Crippen LogP contribution in [0.25, 0.3) is 22.4 Å². The Morgan fingerprint density at radius 2 is 1.96 bits per heavy atom. The van der Waals surface area contributed by atoms with Crippen LogP contribution in [0.4, 0.5) is 0 Å². The molecule has 2 aromatic carbocycles. The molecule has 2 heterocycles. The van der Waals surface area contributed by atoms with Gasteiger partial charge < -0.3 is 19.8 Å². The molecule has 0 aliphatic carbocycles. The number of aromatic nitrogens is 4. The Morgan fingerprint density at radius 3 is 2.83 bits per heavy atom. The first-order valence-electron chi connectivity index (χ1n) is 7.18. The zero-order valence-corrected chi connectivity index (χ0v) is 12.2. The highest BCUT2D eigenvalue weighted by Crippen LogP contribution is 2.27. The number of nitrogens with one attached hydrogen (secondary N) is 2. The molecule has 23 heavy (non-hydrogen) atoms. The summed E-state index contributed by atoms with van der Waals surface area (Å²) in [7, 11) is 0. The number of fused-ring (bicyclic) bond motifs is 1. The lowest BCUT2D eigenvalue weighted by atomic mass is 10.2. The molecule has 0 fully saturated rings. The molecule has 0 aliphatic heterocycles. The number of rotatable bonds is 4. The van der Waals surface area contributed by atoms with Crippen LogP contribution in [0.15, 0.2) is 55.0 Å². The van der Waals surface area contributed by atoms with Crippen LogP contribution in [0.5, 0.6) is 11.5 Å². The minimum Gasteiger partial charge on any atom is -0.457 e. The molecule has 0 unspecified atom stereocenters. The average Bonchev–Trinajstić information content (AvgIpc) is 3.24. The molecule has 0 amide bonds. The number of hydrogen-bond acceptors (Lipinski definition) is 4. The molecule has 0 spiro atoms. The molecular formula is C17H14N4O2. The zero-order valence-electron chi connectivity index (χ0n) is 12.2. The van der Waals surface area contributed by atoms with Gasteiger partial charge in [-0.1, -0.05) is 12.1 Å². The van der Waals surface area contributed by atoms with E-state index in [0.717, 1.165) is 22.3 Å². The van der Waals surface area contributed by atoms with Gasteiger partial charge >= 0.3 is 0 Å². The Labute approximate surface area is 131 Å². The largest absolute Gasteiger partial charge is 0.457 e. The van der Waals surface area contributed by atoms with Crippen molar-refractivity contribution in [2.24, 2.45) is 0 Å². The van der Waals surface area contributed by atoms with Gasteiger partial charge in [0, 0.05) is 11.6 Å². The average molecular weight is 306 g/mol. The Kier molecular flexibility index (Phi) is 3.29. The molecule has 0 saturated heterocycles. The second-order valence-electron chi connectivity index (χ2n) is 5.13. The summed E-state index contributed by atoms with van der Waals surface area (Å²) in [5.74, 6) is 2.14. The minimum atomic E-state index is -0.0621. The second-order valence-corrected chi connectivity index (χ2v) is 5.13. The van der Waals surface area contributed by atoms with Crippen LogP contribution < -0.4 is 4.74 Å². The molecule has 0 aliphatic rings. The van der Waals surface area contributed by atoms with Gasteiger partial charge in [0.2, 0.25) is 0 Å². The SMILES string of the molecule is OCc1cnc(-c2cccc(Oc3ccc4nc[nH]c4c3)c2)[nH]1. The molecule has 3 N–H and O–H groups in total. The van der Waals surface area contributed by atoms with Crippen molar-refractivity contribution in [1.82, 2.24) is 19.9 Å². The number of imidazole rings is 2. The normalized spacial score (nSPS) is 11.0. The molecule has 6 nitrogen and oxygen atoms in total. The molecule has 4 aromatic rings. The van der Waals surface area contributed by atoms with E-state index in [1.165, 1.54) is 0 Å². The van der Waals surface area contributed by atoms with E-state index in [2.05, 4.69) is 19.9 Å². The summed E-state index contributed by atoms with van der Waals surface area (Å²) in [5, 5.41) is 9.11. The Balaban J connectivity index is 1.62. The third-order valence-corrected chi connectivity index (χ3v) is 3.53. The van der Waals surface area contributed by atoms with E-state index in [1.54, 1.807) is 12.5 Å². The van der Waals surface area contributed by atoms with Gasteiger partial charge in [0.1, 0.15) is 17.3 Å². The van der Waals surface area contributed by atoms with Crippen LogP contribution in [0.3, 0.4) is 0 Å². The highest BCUT2D eigenvalue weighted by Gasteiger charge is 2.06. The number of hydrogen-bond donors (Lipinski definition) is 3. The summed E-state index contributed by atoms with van der Waals surface area (Å²) in [6.45, 7) is -0.0621. The van der Waals surface area contributed by atoms with Gasteiger partial charge in [-0.2, -0.15) is 0 Å². The maximum absolute atomic E-state index is 9.11. The van der Waals surface area contributed by atoms with Crippen molar-refractivity contribution in [2.75, 3.05) is 0 Å². The van der Waals surface area contributed by atoms with Crippen molar-refractivity contribution < 1.29 is 9.84 Å². The molecule has 2 aromatic heterocycles. The summed E-state index contributed by atoms with van der Waals surface area (Å²) in [6, 6.07) is 13.3. The van der Waals surface area contributed by atoms with E-state index in [4.69, 9.17) is 9.84 Å². The van der Waals surface area contributed by atoms with E-state index in [-0.39, 0.29) is 6.61 Å². The fourth-order valence-corrected chi connectivity index (χ4v) is 2.41. The standard InChI is InChI=1S/C17H14N4O2/c22-9-12-8-18-17(21-12)11-2-1-3-13(6-11)23-14-4-5-15-16(7-14)20-10-19-15/h1-8,10,22H,9H2,(H,18,21)(H,19,20). The van der Waals surface area contributed by atoms with Crippen molar-refractivity contribution in [3.8, 4) is 22.9 Å². The smallest absolute Gasteiger partial charge is 0.137 e. The van der Waals surface area contributed by atoms with Gasteiger partial charge in [-0.25, -0.2) is 9.97 Å². The molecule has 114 valence electrons. The van der Waals surface area contributed by atoms with Gasteiger partial charge in [0.15, 0.2) is 0 Å². The summed E-state index contributed by atoms with van der Waals surface area (Å²) < 4.78 is 5.91. The maximum atomic E-state index is 9.11. The fourth-order valence-electron chi connectivity index (χ4n) is 2.41. The Bertz CT molecular complexity index is 958. The second kappa shape index (κ2) is 5.58. The number of aromatic amines is 2. The number of ether oxygens (including phenoxy) is 1. The quantitative estimate of drug-likeness (QED) is 0.540. The molecule has 0 bridgehead atoms. The van der Waals surface area contributed by atoms with Crippen LogP contribution >= 0.6 is 0 Å². The summed E-state index contributed by atoms with van der Waals surface area (Å²) in [4.78, 5) is 14.6. The third kappa shape index (κ3) is 2.67. The third-order valence-electron chi connectivity index (χ3n) is 3.53. The van der Waals surface area contributed by atoms with E-state index < -0.39 is 0 Å². The highest BCUT2D eigenvalue weighted by atomic mass is 16.5. The first kappa shape index (κ1) is 13.5. The molecule has 6 heteroatoms. The topological polar surface area (TPSA) is 86.8 Å². The van der Waals surface area contributed by atoms with Crippen molar-refractivity contribution in [1.29, 1.82) is 0 Å². The Hall–Kier alpha value is -3.12. The summed E-state index contributed by atoms with van der Waals surface area (Å²) >= 11 is 0. The van der Waals surface area contributed by atoms with Crippen molar-refractivity contribution in [2.45, 2.75) is 6.61 Å². The fraction of sp³-hybridized carbons (Fsp3) is 0.0588. The van der Waals surface area contributed by atoms with Gasteiger partial charge in [0.25, 0.3) is 0 Å². The van der Waals surface area contributed by atoms with E-state index in [1.807, 2.05) is 42.5 Å². The van der Waals surface area contributed by atoms with Crippen LogP contribution in [-0.2, 0) is 6.61 Å². The first-order chi connectivity index (χ1) is 11.3. The minimum absolute atomic E-state index is 0.0621. The molecular weight excluding hydrogens is 292 g/mol. The first-order valence-corrected chi connectivity index (χ1v) is 7.18. The van der Waals surface area contributed by atoms with Crippen LogP contribution in [0.2, 0.25) is 0 Å². The number of aliphatic hydroxyl groups excluding tert-OH is 1. The summed E-state index contributed by atoms with van der Waals surface area (Å²) in [6.07, 6.45) is 3.28. The molecule has 0 saturated carbocycles. The van der Waals surface area contributed by atoms with Gasteiger partial charge in [0.05, 0.1) is 35.9 Å². The van der Waals surface area contributed by atoms with Gasteiger partial charge in [-0.05, 0) is 24.3 Å². The van der Waals surface area contributed by atoms with Crippen molar-refractivity contribution >= 4 is 11.0 Å². The number of aliphatic hydroxyl groups is 1. The predicted molar refractivity (Wildman–Crippen MR) is 86.1 cm³/mol. The maximum Gasteiger partial charge on any atom is 0.137 e. The highest BCUT2D eigenvalue weighted by molar-refractivity contribution is 5.76. The lowest BCUT2D eigenvalue weighted by molar-refractivity contribution is 0.277. The Morgan fingerprint density at radius 1 is 1.04 bits per heavy atom. The lowest BCUT2D eigenvalue weighted by Crippen LogP contribution is -1.87.